The second kappa shape index (κ2) is 6.09. The Kier molecular flexibility index (Phi) is 4.45. The minimum absolute atomic E-state index is 0.127. The summed E-state index contributed by atoms with van der Waals surface area (Å²) >= 11 is 0. The molecule has 0 N–H and O–H groups in total. The largest absolute Gasteiger partial charge is 0.457 e. The Labute approximate surface area is 119 Å². The van der Waals surface area contributed by atoms with Gasteiger partial charge in [-0.1, -0.05) is 18.2 Å². The van der Waals surface area contributed by atoms with Crippen LogP contribution < -0.4 is 0 Å². The molecule has 0 saturated carbocycles. The monoisotopic (exact) mass is 275 g/mol. The molecular formula is C16H21NO3. The molecule has 20 heavy (non-hydrogen) atoms. The van der Waals surface area contributed by atoms with E-state index in [0.29, 0.717) is 5.76 Å². The van der Waals surface area contributed by atoms with Crippen LogP contribution in [0.15, 0.2) is 28.7 Å². The quantitative estimate of drug-likeness (QED) is 0.786. The Morgan fingerprint density at radius 1 is 1.35 bits per heavy atom. The summed E-state index contributed by atoms with van der Waals surface area (Å²) in [5, 5.41) is 0.959. The van der Waals surface area contributed by atoms with Crippen LogP contribution in [0.4, 0.5) is 0 Å². The molecule has 108 valence electrons. The van der Waals surface area contributed by atoms with Gasteiger partial charge in [0, 0.05) is 17.5 Å². The Morgan fingerprint density at radius 2 is 2.05 bits per heavy atom. The summed E-state index contributed by atoms with van der Waals surface area (Å²) in [6.07, 6.45) is 0.676. The third-order valence-corrected chi connectivity index (χ3v) is 3.32. The zero-order valence-corrected chi connectivity index (χ0v) is 12.5. The zero-order valence-electron chi connectivity index (χ0n) is 12.5. The molecule has 0 saturated heterocycles. The molecular weight excluding hydrogens is 254 g/mol. The second-order valence-electron chi connectivity index (χ2n) is 5.36. The summed E-state index contributed by atoms with van der Waals surface area (Å²) in [5.74, 6) is -0.0761. The molecule has 1 aromatic heterocycles. The number of esters is 1. The predicted octanol–water partition coefficient (Wildman–Crippen LogP) is 3.24. The van der Waals surface area contributed by atoms with E-state index in [9.17, 15) is 4.79 Å². The molecule has 1 atom stereocenters. The summed E-state index contributed by atoms with van der Waals surface area (Å²) in [7, 11) is 4.00. The molecule has 2 aromatic rings. The normalized spacial score (nSPS) is 12.8. The first-order valence-corrected chi connectivity index (χ1v) is 6.83. The van der Waals surface area contributed by atoms with Gasteiger partial charge < -0.3 is 14.1 Å². The van der Waals surface area contributed by atoms with E-state index in [-0.39, 0.29) is 12.1 Å². The molecule has 0 bridgehead atoms. The maximum Gasteiger partial charge on any atom is 0.374 e. The van der Waals surface area contributed by atoms with Crippen molar-refractivity contribution in [2.45, 2.75) is 26.4 Å². The van der Waals surface area contributed by atoms with Crippen molar-refractivity contribution in [3.63, 3.8) is 0 Å². The minimum Gasteiger partial charge on any atom is -0.457 e. The number of hydrogen-bond acceptors (Lipinski definition) is 4. The van der Waals surface area contributed by atoms with Gasteiger partial charge in [-0.15, -0.1) is 0 Å². The van der Waals surface area contributed by atoms with Crippen LogP contribution in [0.3, 0.4) is 0 Å². The van der Waals surface area contributed by atoms with E-state index in [4.69, 9.17) is 9.15 Å². The van der Waals surface area contributed by atoms with Gasteiger partial charge in [0.15, 0.2) is 0 Å². The summed E-state index contributed by atoms with van der Waals surface area (Å²) in [6, 6.07) is 7.62. The van der Waals surface area contributed by atoms with Crippen LogP contribution in [-0.2, 0) is 4.74 Å². The molecule has 1 aromatic carbocycles. The number of ether oxygens (including phenoxy) is 1. The fraction of sp³-hybridized carbons (Fsp3) is 0.438. The molecule has 4 heteroatoms. The average Bonchev–Trinajstić information content (AvgIpc) is 2.74. The molecule has 0 radical (unpaired) electrons. The van der Waals surface area contributed by atoms with Gasteiger partial charge in [0.1, 0.15) is 11.7 Å². The van der Waals surface area contributed by atoms with Crippen molar-refractivity contribution in [1.82, 2.24) is 4.90 Å². The number of aryl methyl sites for hydroxylation is 1. The van der Waals surface area contributed by atoms with E-state index >= 15 is 0 Å². The standard InChI is InChI=1S/C16H21NO3/c1-11(9-10-17(3)4)19-16(18)15-12(2)13-7-5-6-8-14(13)20-15/h5-8,11H,9-10H2,1-4H3. The summed E-state index contributed by atoms with van der Waals surface area (Å²) < 4.78 is 11.0. The van der Waals surface area contributed by atoms with Crippen LogP contribution in [0.2, 0.25) is 0 Å². The summed E-state index contributed by atoms with van der Waals surface area (Å²) in [5.41, 5.74) is 1.56. The highest BCUT2D eigenvalue weighted by Gasteiger charge is 2.20. The first-order valence-electron chi connectivity index (χ1n) is 6.83. The van der Waals surface area contributed by atoms with Gasteiger partial charge in [-0.25, -0.2) is 4.79 Å². The van der Waals surface area contributed by atoms with Gasteiger partial charge in [-0.3, -0.25) is 0 Å². The minimum atomic E-state index is -0.384. The molecule has 1 unspecified atom stereocenters. The fourth-order valence-electron chi connectivity index (χ4n) is 2.10. The van der Waals surface area contributed by atoms with Crippen molar-refractivity contribution in [3.05, 3.63) is 35.6 Å². The number of para-hydroxylation sites is 1. The molecule has 0 aliphatic carbocycles. The third kappa shape index (κ3) is 3.20. The molecule has 0 aliphatic heterocycles. The van der Waals surface area contributed by atoms with E-state index in [1.54, 1.807) is 0 Å². The van der Waals surface area contributed by atoms with Gasteiger partial charge in [0.25, 0.3) is 0 Å². The number of carbonyl (C=O) groups is 1. The first-order chi connectivity index (χ1) is 9.49. The lowest BCUT2D eigenvalue weighted by atomic mass is 10.1. The SMILES string of the molecule is Cc1c(C(=O)OC(C)CCN(C)C)oc2ccccc12. The van der Waals surface area contributed by atoms with E-state index in [1.165, 1.54) is 0 Å². The number of fused-ring (bicyclic) bond motifs is 1. The maximum absolute atomic E-state index is 12.2. The number of nitrogens with zero attached hydrogens (tertiary/aromatic N) is 1. The lowest BCUT2D eigenvalue weighted by Crippen LogP contribution is -2.22. The smallest absolute Gasteiger partial charge is 0.374 e. The van der Waals surface area contributed by atoms with E-state index in [2.05, 4.69) is 4.90 Å². The zero-order chi connectivity index (χ0) is 14.7. The Bertz CT molecular complexity index is 601. The molecule has 0 amide bonds. The molecule has 1 heterocycles. The highest BCUT2D eigenvalue weighted by Crippen LogP contribution is 2.25. The van der Waals surface area contributed by atoms with Crippen LogP contribution in [0.25, 0.3) is 11.0 Å². The summed E-state index contributed by atoms with van der Waals surface area (Å²) in [6.45, 7) is 4.67. The van der Waals surface area contributed by atoms with Crippen molar-refractivity contribution in [1.29, 1.82) is 0 Å². The van der Waals surface area contributed by atoms with Crippen molar-refractivity contribution >= 4 is 16.9 Å². The molecule has 0 aliphatic rings. The fourth-order valence-corrected chi connectivity index (χ4v) is 2.10. The van der Waals surface area contributed by atoms with E-state index in [0.717, 1.165) is 29.5 Å². The lowest BCUT2D eigenvalue weighted by Gasteiger charge is -2.15. The second-order valence-corrected chi connectivity index (χ2v) is 5.36. The van der Waals surface area contributed by atoms with Crippen molar-refractivity contribution in [2.24, 2.45) is 0 Å². The third-order valence-electron chi connectivity index (χ3n) is 3.32. The first kappa shape index (κ1) is 14.6. The van der Waals surface area contributed by atoms with E-state index in [1.807, 2.05) is 52.2 Å². The average molecular weight is 275 g/mol. The highest BCUT2D eigenvalue weighted by atomic mass is 16.6. The number of furan rings is 1. The van der Waals surface area contributed by atoms with E-state index < -0.39 is 0 Å². The Hall–Kier alpha value is -1.81. The van der Waals surface area contributed by atoms with Crippen molar-refractivity contribution in [3.8, 4) is 0 Å². The summed E-state index contributed by atoms with van der Waals surface area (Å²) in [4.78, 5) is 14.2. The predicted molar refractivity (Wildman–Crippen MR) is 79.0 cm³/mol. The van der Waals surface area contributed by atoms with Crippen LogP contribution in [-0.4, -0.2) is 37.6 Å². The number of rotatable bonds is 5. The Balaban J connectivity index is 2.09. The molecule has 2 rings (SSSR count). The van der Waals surface area contributed by atoms with Crippen LogP contribution >= 0.6 is 0 Å². The molecule has 0 fully saturated rings. The van der Waals surface area contributed by atoms with Gasteiger partial charge in [0.2, 0.25) is 5.76 Å². The Morgan fingerprint density at radius 3 is 2.70 bits per heavy atom. The topological polar surface area (TPSA) is 42.7 Å². The van der Waals surface area contributed by atoms with Gasteiger partial charge in [-0.2, -0.15) is 0 Å². The number of hydrogen-bond donors (Lipinski definition) is 0. The van der Waals surface area contributed by atoms with Crippen molar-refractivity contribution in [2.75, 3.05) is 20.6 Å². The highest BCUT2D eigenvalue weighted by molar-refractivity contribution is 5.95. The van der Waals surface area contributed by atoms with Crippen LogP contribution in [0.1, 0.15) is 29.5 Å². The van der Waals surface area contributed by atoms with Gasteiger partial charge in [0.05, 0.1) is 0 Å². The van der Waals surface area contributed by atoms with Crippen LogP contribution in [0.5, 0.6) is 0 Å². The van der Waals surface area contributed by atoms with Crippen molar-refractivity contribution < 1.29 is 13.9 Å². The van der Waals surface area contributed by atoms with Crippen LogP contribution in [0, 0.1) is 6.92 Å². The molecule has 0 spiro atoms. The van der Waals surface area contributed by atoms with Gasteiger partial charge >= 0.3 is 5.97 Å². The van der Waals surface area contributed by atoms with Gasteiger partial charge in [-0.05, 0) is 40.4 Å². The maximum atomic E-state index is 12.2. The molecule has 4 nitrogen and oxygen atoms in total. The number of carbonyl (C=O) groups excluding carboxylic acids is 1. The lowest BCUT2D eigenvalue weighted by molar-refractivity contribution is 0.0277. The number of benzene rings is 1.